The molecular formula is C16H26N2. The predicted octanol–water partition coefficient (Wildman–Crippen LogP) is 3.13. The highest BCUT2D eigenvalue weighted by Crippen LogP contribution is 2.38. The zero-order valence-electron chi connectivity index (χ0n) is 12.4. The summed E-state index contributed by atoms with van der Waals surface area (Å²) in [7, 11) is 2.05. The van der Waals surface area contributed by atoms with Gasteiger partial charge in [0.25, 0.3) is 0 Å². The summed E-state index contributed by atoms with van der Waals surface area (Å²) < 4.78 is 0. The van der Waals surface area contributed by atoms with Gasteiger partial charge in [0.15, 0.2) is 0 Å². The lowest BCUT2D eigenvalue weighted by Gasteiger charge is -2.38. The van der Waals surface area contributed by atoms with Crippen LogP contribution in [-0.4, -0.2) is 25.7 Å². The molecule has 1 N–H and O–H groups in total. The maximum atomic E-state index is 3.33. The van der Waals surface area contributed by atoms with Gasteiger partial charge in [0.2, 0.25) is 0 Å². The molecular weight excluding hydrogens is 220 g/mol. The second kappa shape index (κ2) is 4.93. The summed E-state index contributed by atoms with van der Waals surface area (Å²) >= 11 is 0. The van der Waals surface area contributed by atoms with Crippen LogP contribution in [-0.2, 0) is 0 Å². The normalized spacial score (nSPS) is 22.5. The number of aryl methyl sites for hydroxylation is 2. The van der Waals surface area contributed by atoms with Crippen LogP contribution >= 0.6 is 0 Å². The van der Waals surface area contributed by atoms with Gasteiger partial charge in [-0.1, -0.05) is 6.07 Å². The van der Waals surface area contributed by atoms with Gasteiger partial charge in [0.05, 0.1) is 0 Å². The van der Waals surface area contributed by atoms with Crippen LogP contribution in [0.5, 0.6) is 0 Å². The van der Waals surface area contributed by atoms with Crippen LogP contribution in [0.1, 0.15) is 31.4 Å². The maximum absolute atomic E-state index is 3.33. The molecule has 2 rings (SSSR count). The molecule has 0 aromatic heterocycles. The number of hydrogen-bond acceptors (Lipinski definition) is 2. The second-order valence-corrected chi connectivity index (χ2v) is 6.12. The lowest BCUT2D eigenvalue weighted by Crippen LogP contribution is -2.45. The van der Waals surface area contributed by atoms with Crippen LogP contribution in [0.25, 0.3) is 0 Å². The van der Waals surface area contributed by atoms with Crippen LogP contribution in [0.3, 0.4) is 0 Å². The summed E-state index contributed by atoms with van der Waals surface area (Å²) in [5.41, 5.74) is 4.38. The van der Waals surface area contributed by atoms with Crippen LogP contribution in [0.15, 0.2) is 18.2 Å². The SMILES string of the molecule is CNCC1CCN(c2ccc(C)c(C)c2)C1(C)C. The van der Waals surface area contributed by atoms with Crippen molar-refractivity contribution in [2.45, 2.75) is 39.7 Å². The minimum atomic E-state index is 0.241. The van der Waals surface area contributed by atoms with Crippen LogP contribution in [0.2, 0.25) is 0 Å². The molecule has 0 aliphatic carbocycles. The highest BCUT2D eigenvalue weighted by atomic mass is 15.2. The molecule has 1 aliphatic rings. The zero-order chi connectivity index (χ0) is 13.3. The number of hydrogen-bond donors (Lipinski definition) is 1. The van der Waals surface area contributed by atoms with E-state index in [1.54, 1.807) is 0 Å². The fourth-order valence-electron chi connectivity index (χ4n) is 3.10. The Hall–Kier alpha value is -1.02. The molecule has 0 amide bonds. The number of rotatable bonds is 3. The zero-order valence-corrected chi connectivity index (χ0v) is 12.4. The number of benzene rings is 1. The first-order valence-electron chi connectivity index (χ1n) is 6.96. The largest absolute Gasteiger partial charge is 0.366 e. The van der Waals surface area contributed by atoms with Gasteiger partial charge in [-0.3, -0.25) is 0 Å². The monoisotopic (exact) mass is 246 g/mol. The Morgan fingerprint density at radius 3 is 2.61 bits per heavy atom. The highest BCUT2D eigenvalue weighted by Gasteiger charge is 2.40. The molecule has 1 aromatic rings. The van der Waals surface area contributed by atoms with Crippen molar-refractivity contribution >= 4 is 5.69 Å². The van der Waals surface area contributed by atoms with Crippen LogP contribution in [0, 0.1) is 19.8 Å². The molecule has 1 aliphatic heterocycles. The lowest BCUT2D eigenvalue weighted by atomic mass is 9.88. The Balaban J connectivity index is 2.26. The first kappa shape index (κ1) is 13.4. The van der Waals surface area contributed by atoms with Crippen molar-refractivity contribution in [1.29, 1.82) is 0 Å². The van der Waals surface area contributed by atoms with Gasteiger partial charge in [0.1, 0.15) is 0 Å². The molecule has 0 spiro atoms. The smallest absolute Gasteiger partial charge is 0.0386 e. The summed E-state index contributed by atoms with van der Waals surface area (Å²) in [5, 5.41) is 3.33. The van der Waals surface area contributed by atoms with E-state index >= 15 is 0 Å². The summed E-state index contributed by atoms with van der Waals surface area (Å²) in [4.78, 5) is 2.57. The molecule has 2 heteroatoms. The van der Waals surface area contributed by atoms with Gasteiger partial charge in [-0.05, 0) is 76.9 Å². The Bertz CT molecular complexity index is 423. The molecule has 18 heavy (non-hydrogen) atoms. The van der Waals surface area contributed by atoms with Crippen LogP contribution in [0.4, 0.5) is 5.69 Å². The van der Waals surface area contributed by atoms with E-state index < -0.39 is 0 Å². The quantitative estimate of drug-likeness (QED) is 0.881. The molecule has 1 aromatic carbocycles. The molecule has 1 heterocycles. The van der Waals surface area contributed by atoms with E-state index in [2.05, 4.69) is 63.2 Å². The molecule has 1 atom stereocenters. The first-order chi connectivity index (χ1) is 8.46. The summed E-state index contributed by atoms with van der Waals surface area (Å²) in [5.74, 6) is 0.726. The van der Waals surface area contributed by atoms with Crippen LogP contribution < -0.4 is 10.2 Å². The van der Waals surface area contributed by atoms with Gasteiger partial charge in [-0.25, -0.2) is 0 Å². The molecule has 0 radical (unpaired) electrons. The van der Waals surface area contributed by atoms with E-state index in [0.29, 0.717) is 0 Å². The number of anilines is 1. The summed E-state index contributed by atoms with van der Waals surface area (Å²) in [6, 6.07) is 6.84. The molecule has 1 saturated heterocycles. The molecule has 100 valence electrons. The van der Waals surface area contributed by atoms with E-state index in [9.17, 15) is 0 Å². The topological polar surface area (TPSA) is 15.3 Å². The minimum Gasteiger partial charge on any atom is -0.366 e. The molecule has 2 nitrogen and oxygen atoms in total. The van der Waals surface area contributed by atoms with Crippen molar-refractivity contribution in [3.63, 3.8) is 0 Å². The van der Waals surface area contributed by atoms with Crippen molar-refractivity contribution < 1.29 is 0 Å². The third kappa shape index (κ3) is 2.26. The van der Waals surface area contributed by atoms with E-state index in [0.717, 1.165) is 12.5 Å². The fourth-order valence-corrected chi connectivity index (χ4v) is 3.10. The summed E-state index contributed by atoms with van der Waals surface area (Å²) in [6.45, 7) is 11.4. The van der Waals surface area contributed by atoms with Gasteiger partial charge < -0.3 is 10.2 Å². The average molecular weight is 246 g/mol. The van der Waals surface area contributed by atoms with Crippen molar-refractivity contribution in [2.24, 2.45) is 5.92 Å². The molecule has 1 fully saturated rings. The van der Waals surface area contributed by atoms with Gasteiger partial charge >= 0.3 is 0 Å². The third-order valence-corrected chi connectivity index (χ3v) is 4.65. The first-order valence-corrected chi connectivity index (χ1v) is 6.96. The number of nitrogens with one attached hydrogen (secondary N) is 1. The number of nitrogens with zero attached hydrogens (tertiary/aromatic N) is 1. The summed E-state index contributed by atoms with van der Waals surface area (Å²) in [6.07, 6.45) is 1.28. The Kier molecular flexibility index (Phi) is 3.67. The molecule has 1 unspecified atom stereocenters. The van der Waals surface area contributed by atoms with Gasteiger partial charge in [-0.2, -0.15) is 0 Å². The van der Waals surface area contributed by atoms with E-state index in [4.69, 9.17) is 0 Å². The predicted molar refractivity (Wildman–Crippen MR) is 79.4 cm³/mol. The fraction of sp³-hybridized carbons (Fsp3) is 0.625. The standard InChI is InChI=1S/C16H26N2/c1-12-6-7-15(10-13(12)2)18-9-8-14(11-17-5)16(18,3)4/h6-7,10,14,17H,8-9,11H2,1-5H3. The Morgan fingerprint density at radius 1 is 1.28 bits per heavy atom. The van der Waals surface area contributed by atoms with Crippen molar-refractivity contribution in [3.8, 4) is 0 Å². The Morgan fingerprint density at radius 2 is 2.00 bits per heavy atom. The second-order valence-electron chi connectivity index (χ2n) is 6.12. The highest BCUT2D eigenvalue weighted by molar-refractivity contribution is 5.53. The average Bonchev–Trinajstić information content (AvgIpc) is 2.60. The lowest BCUT2D eigenvalue weighted by molar-refractivity contribution is 0.356. The van der Waals surface area contributed by atoms with E-state index in [1.807, 2.05) is 0 Å². The van der Waals surface area contributed by atoms with Crippen molar-refractivity contribution in [2.75, 3.05) is 25.0 Å². The van der Waals surface area contributed by atoms with Gasteiger partial charge in [-0.15, -0.1) is 0 Å². The maximum Gasteiger partial charge on any atom is 0.0386 e. The third-order valence-electron chi connectivity index (χ3n) is 4.65. The van der Waals surface area contributed by atoms with Crippen molar-refractivity contribution in [1.82, 2.24) is 5.32 Å². The van der Waals surface area contributed by atoms with E-state index in [-0.39, 0.29) is 5.54 Å². The van der Waals surface area contributed by atoms with Crippen molar-refractivity contribution in [3.05, 3.63) is 29.3 Å². The minimum absolute atomic E-state index is 0.241. The van der Waals surface area contributed by atoms with Gasteiger partial charge in [0, 0.05) is 17.8 Å². The Labute approximate surface area is 111 Å². The van der Waals surface area contributed by atoms with E-state index in [1.165, 1.54) is 29.8 Å². The molecule has 0 bridgehead atoms. The molecule has 0 saturated carbocycles.